The van der Waals surface area contributed by atoms with Gasteiger partial charge >= 0.3 is 24.1 Å². The van der Waals surface area contributed by atoms with Gasteiger partial charge in [0, 0.05) is 52.4 Å². The van der Waals surface area contributed by atoms with Crippen molar-refractivity contribution in [1.29, 1.82) is 0 Å². The molecular formula is C42H64N4O10. The van der Waals surface area contributed by atoms with E-state index in [2.05, 4.69) is 9.80 Å². The highest BCUT2D eigenvalue weighted by molar-refractivity contribution is 5.95. The number of aryl methyl sites for hydroxylation is 2. The van der Waals surface area contributed by atoms with E-state index in [1.807, 2.05) is 59.7 Å². The maximum atomic E-state index is 12.2. The molecule has 312 valence electrons. The fraction of sp³-hybridized carbons (Fsp3) is 0.619. The van der Waals surface area contributed by atoms with Crippen molar-refractivity contribution >= 4 is 24.1 Å². The molecule has 0 saturated carbocycles. The molecule has 0 atom stereocenters. The minimum atomic E-state index is -0.490. The molecule has 56 heavy (non-hydrogen) atoms. The highest BCUT2D eigenvalue weighted by Gasteiger charge is 2.27. The number of aliphatic hydroxyl groups excluding tert-OH is 2. The van der Waals surface area contributed by atoms with E-state index in [1.54, 1.807) is 21.9 Å². The van der Waals surface area contributed by atoms with Gasteiger partial charge in [0.05, 0.1) is 38.6 Å². The second-order valence-corrected chi connectivity index (χ2v) is 16.2. The lowest BCUT2D eigenvalue weighted by Crippen LogP contribution is -2.50. The standard InChI is InChI=1S/C22H32N2O6.C20H32N2O4/c1-22(2,3)30-21(27)24-11-9-23(10-12-24)8-6-7-16-13-17(19(25)28-4)15-18(14-16)20(26)29-5;1-20(2,3)26-19(25)22-9-7-21(8-10-22)6-4-5-16-11-17(14-23)13-18(12-16)15-24/h13-15H,6-12H2,1-5H3;11-13,23-24H,4-10,14-15H2,1-3H3. The van der Waals surface area contributed by atoms with E-state index in [1.165, 1.54) is 20.3 Å². The third-order valence-corrected chi connectivity index (χ3v) is 9.24. The zero-order valence-electron chi connectivity index (χ0n) is 34.7. The van der Waals surface area contributed by atoms with Crippen LogP contribution in [0.1, 0.15) is 97.4 Å². The van der Waals surface area contributed by atoms with E-state index >= 15 is 0 Å². The molecule has 0 aliphatic carbocycles. The van der Waals surface area contributed by atoms with Crippen molar-refractivity contribution in [2.75, 3.05) is 79.7 Å². The van der Waals surface area contributed by atoms with E-state index in [0.29, 0.717) is 43.7 Å². The Morgan fingerprint density at radius 2 is 0.875 bits per heavy atom. The van der Waals surface area contributed by atoms with Crippen molar-refractivity contribution in [3.8, 4) is 0 Å². The minimum absolute atomic E-state index is 0.00648. The topological polar surface area (TPSA) is 159 Å². The van der Waals surface area contributed by atoms with Crippen LogP contribution in [0.4, 0.5) is 9.59 Å². The van der Waals surface area contributed by atoms with Crippen molar-refractivity contribution < 1.29 is 48.3 Å². The lowest BCUT2D eigenvalue weighted by molar-refractivity contribution is 0.0135. The number of carbonyl (C=O) groups excluding carboxylic acids is 4. The number of esters is 2. The molecule has 2 saturated heterocycles. The molecule has 0 aromatic heterocycles. The molecular weight excluding hydrogens is 720 g/mol. The van der Waals surface area contributed by atoms with Crippen LogP contribution in [0.25, 0.3) is 0 Å². The predicted octanol–water partition coefficient (Wildman–Crippen LogP) is 4.90. The average Bonchev–Trinajstić information content (AvgIpc) is 3.16. The first-order valence-corrected chi connectivity index (χ1v) is 19.5. The van der Waals surface area contributed by atoms with Crippen molar-refractivity contribution in [1.82, 2.24) is 19.6 Å². The largest absolute Gasteiger partial charge is 0.465 e. The molecule has 0 bridgehead atoms. The van der Waals surface area contributed by atoms with Gasteiger partial charge in [-0.25, -0.2) is 19.2 Å². The number of amides is 2. The first kappa shape index (κ1) is 46.1. The van der Waals surface area contributed by atoms with E-state index in [9.17, 15) is 29.4 Å². The number of ether oxygens (including phenoxy) is 4. The number of benzene rings is 2. The van der Waals surface area contributed by atoms with Crippen LogP contribution in [0.5, 0.6) is 0 Å². The highest BCUT2D eigenvalue weighted by atomic mass is 16.6. The van der Waals surface area contributed by atoms with Gasteiger partial charge in [0.15, 0.2) is 0 Å². The van der Waals surface area contributed by atoms with Gasteiger partial charge in [-0.15, -0.1) is 0 Å². The van der Waals surface area contributed by atoms with Crippen LogP contribution in [0.3, 0.4) is 0 Å². The molecule has 0 spiro atoms. The minimum Gasteiger partial charge on any atom is -0.465 e. The Morgan fingerprint density at radius 3 is 1.20 bits per heavy atom. The quantitative estimate of drug-likeness (QED) is 0.222. The number of hydrogen-bond acceptors (Lipinski definition) is 12. The second kappa shape index (κ2) is 21.9. The molecule has 2 fully saturated rings. The number of hydrogen-bond donors (Lipinski definition) is 2. The van der Waals surface area contributed by atoms with Crippen LogP contribution in [-0.2, 0) is 45.0 Å². The summed E-state index contributed by atoms with van der Waals surface area (Å²) in [6.07, 6.45) is 2.99. The molecule has 14 nitrogen and oxygen atoms in total. The molecule has 2 N–H and O–H groups in total. The van der Waals surface area contributed by atoms with Crippen LogP contribution in [-0.4, -0.2) is 145 Å². The molecule has 2 aliphatic heterocycles. The zero-order valence-corrected chi connectivity index (χ0v) is 34.7. The Balaban J connectivity index is 0.000000303. The van der Waals surface area contributed by atoms with Crippen molar-refractivity contribution in [2.45, 2.75) is 91.6 Å². The summed E-state index contributed by atoms with van der Waals surface area (Å²) < 4.78 is 20.4. The molecule has 2 heterocycles. The zero-order chi connectivity index (χ0) is 41.5. The molecule has 2 amide bonds. The van der Waals surface area contributed by atoms with Gasteiger partial charge < -0.3 is 39.0 Å². The molecule has 2 aliphatic rings. The average molecular weight is 785 g/mol. The fourth-order valence-electron chi connectivity index (χ4n) is 6.45. The van der Waals surface area contributed by atoms with Gasteiger partial charge in [0.1, 0.15) is 11.2 Å². The second-order valence-electron chi connectivity index (χ2n) is 16.2. The van der Waals surface area contributed by atoms with Crippen molar-refractivity contribution in [3.63, 3.8) is 0 Å². The van der Waals surface area contributed by atoms with Gasteiger partial charge in [-0.3, -0.25) is 9.80 Å². The third-order valence-electron chi connectivity index (χ3n) is 9.24. The SMILES string of the molecule is CC(C)(C)OC(=O)N1CCN(CCCc2cc(CO)cc(CO)c2)CC1.COC(=O)c1cc(CCCN2CCN(C(=O)OC(C)(C)C)CC2)cc(C(=O)OC)c1. The summed E-state index contributed by atoms with van der Waals surface area (Å²) in [6, 6.07) is 10.8. The normalized spacial score (nSPS) is 15.4. The lowest BCUT2D eigenvalue weighted by Gasteiger charge is -2.35. The van der Waals surface area contributed by atoms with Gasteiger partial charge in [0.2, 0.25) is 0 Å². The Kier molecular flexibility index (Phi) is 18.0. The van der Waals surface area contributed by atoms with Crippen molar-refractivity contribution in [2.24, 2.45) is 0 Å². The van der Waals surface area contributed by atoms with Crippen LogP contribution in [0.2, 0.25) is 0 Å². The van der Waals surface area contributed by atoms with Gasteiger partial charge in [-0.2, -0.15) is 0 Å². The van der Waals surface area contributed by atoms with Crippen LogP contribution in [0, 0.1) is 0 Å². The Hall–Kier alpha value is -4.24. The third kappa shape index (κ3) is 16.1. The summed E-state index contributed by atoms with van der Waals surface area (Å²) in [5, 5.41) is 18.6. The summed E-state index contributed by atoms with van der Waals surface area (Å²) in [5.41, 5.74) is 3.44. The maximum Gasteiger partial charge on any atom is 0.410 e. The summed E-state index contributed by atoms with van der Waals surface area (Å²) in [5.74, 6) is -0.972. The van der Waals surface area contributed by atoms with Crippen LogP contribution in [0.15, 0.2) is 36.4 Å². The van der Waals surface area contributed by atoms with Gasteiger partial charge in [0.25, 0.3) is 0 Å². The fourth-order valence-corrected chi connectivity index (χ4v) is 6.45. The first-order valence-electron chi connectivity index (χ1n) is 19.5. The number of methoxy groups -OCH3 is 2. The number of nitrogens with zero attached hydrogens (tertiary/aromatic N) is 4. The number of aliphatic hydroxyl groups is 2. The Bertz CT molecular complexity index is 1530. The Morgan fingerprint density at radius 1 is 0.536 bits per heavy atom. The Labute approximate surface area is 332 Å². The predicted molar refractivity (Wildman–Crippen MR) is 213 cm³/mol. The molecule has 14 heteroatoms. The molecule has 0 radical (unpaired) electrons. The molecule has 2 aromatic carbocycles. The molecule has 4 rings (SSSR count). The first-order chi connectivity index (χ1) is 26.4. The van der Waals surface area contributed by atoms with E-state index < -0.39 is 23.1 Å². The number of piperazine rings is 2. The van der Waals surface area contributed by atoms with Crippen molar-refractivity contribution in [3.05, 3.63) is 69.8 Å². The monoisotopic (exact) mass is 784 g/mol. The van der Waals surface area contributed by atoms with Crippen LogP contribution < -0.4 is 0 Å². The van der Waals surface area contributed by atoms with E-state index in [4.69, 9.17) is 18.9 Å². The highest BCUT2D eigenvalue weighted by Crippen LogP contribution is 2.18. The molecule has 2 aromatic rings. The lowest BCUT2D eigenvalue weighted by atomic mass is 10.0. The van der Waals surface area contributed by atoms with Gasteiger partial charge in [-0.1, -0.05) is 18.2 Å². The van der Waals surface area contributed by atoms with Gasteiger partial charge in [-0.05, 0) is 121 Å². The summed E-state index contributed by atoms with van der Waals surface area (Å²) in [6.45, 7) is 19.0. The summed E-state index contributed by atoms with van der Waals surface area (Å²) in [4.78, 5) is 56.2. The molecule has 0 unspecified atom stereocenters. The number of rotatable bonds is 12. The van der Waals surface area contributed by atoms with E-state index in [-0.39, 0.29) is 25.4 Å². The summed E-state index contributed by atoms with van der Waals surface area (Å²) >= 11 is 0. The number of carbonyl (C=O) groups is 4. The smallest absolute Gasteiger partial charge is 0.410 e. The summed E-state index contributed by atoms with van der Waals surface area (Å²) in [7, 11) is 2.62. The van der Waals surface area contributed by atoms with E-state index in [0.717, 1.165) is 80.8 Å². The van der Waals surface area contributed by atoms with Crippen LogP contribution >= 0.6 is 0 Å². The maximum absolute atomic E-state index is 12.2.